The van der Waals surface area contributed by atoms with Crippen molar-refractivity contribution in [1.29, 1.82) is 0 Å². The summed E-state index contributed by atoms with van der Waals surface area (Å²) < 4.78 is 0. The van der Waals surface area contributed by atoms with E-state index in [-0.39, 0.29) is 18.5 Å². The van der Waals surface area contributed by atoms with Gasteiger partial charge < -0.3 is 15.5 Å². The Bertz CT molecular complexity index is 991. The third-order valence-corrected chi connectivity index (χ3v) is 5.31. The van der Waals surface area contributed by atoms with Crippen molar-refractivity contribution in [1.82, 2.24) is 9.88 Å². The van der Waals surface area contributed by atoms with E-state index in [4.69, 9.17) is 0 Å². The van der Waals surface area contributed by atoms with E-state index in [2.05, 4.69) is 15.6 Å². The van der Waals surface area contributed by atoms with Gasteiger partial charge in [-0.3, -0.25) is 4.79 Å². The minimum Gasteiger partial charge on any atom is -0.324 e. The number of urea groups is 1. The first kappa shape index (κ1) is 20.5. The van der Waals surface area contributed by atoms with Gasteiger partial charge in [0, 0.05) is 35.6 Å². The molecule has 3 amide bonds. The number of hydrogen-bond acceptors (Lipinski definition) is 4. The molecular weight excluding hydrogens is 384 g/mol. The second kappa shape index (κ2) is 8.87. The van der Waals surface area contributed by atoms with Gasteiger partial charge in [-0.25, -0.2) is 9.78 Å². The molecule has 0 aliphatic carbocycles. The number of rotatable bonds is 5. The summed E-state index contributed by atoms with van der Waals surface area (Å²) in [7, 11) is 1.59. The molecule has 1 heterocycles. The smallest absolute Gasteiger partial charge is 0.322 e. The van der Waals surface area contributed by atoms with Gasteiger partial charge in [-0.15, -0.1) is 11.3 Å². The molecule has 0 saturated heterocycles. The molecule has 0 saturated carbocycles. The summed E-state index contributed by atoms with van der Waals surface area (Å²) in [6.07, 6.45) is 1.76. The molecule has 7 heteroatoms. The molecule has 2 N–H and O–H groups in total. The Balaban J connectivity index is 1.57. The maximum absolute atomic E-state index is 12.4. The van der Waals surface area contributed by atoms with Crippen molar-refractivity contribution in [3.05, 3.63) is 64.7 Å². The largest absolute Gasteiger partial charge is 0.324 e. The Morgan fingerprint density at radius 2 is 1.69 bits per heavy atom. The van der Waals surface area contributed by atoms with Crippen molar-refractivity contribution in [3.8, 4) is 10.6 Å². The van der Waals surface area contributed by atoms with Crippen LogP contribution in [0.25, 0.3) is 10.6 Å². The molecule has 6 nitrogen and oxygen atoms in total. The molecule has 29 heavy (non-hydrogen) atoms. The lowest BCUT2D eigenvalue weighted by Crippen LogP contribution is -2.37. The molecular formula is C22H24N4O2S. The van der Waals surface area contributed by atoms with Gasteiger partial charge in [0.15, 0.2) is 0 Å². The highest BCUT2D eigenvalue weighted by molar-refractivity contribution is 7.13. The van der Waals surface area contributed by atoms with E-state index in [0.29, 0.717) is 5.69 Å². The fourth-order valence-corrected chi connectivity index (χ4v) is 3.77. The van der Waals surface area contributed by atoms with Crippen LogP contribution in [-0.2, 0) is 4.79 Å². The quantitative estimate of drug-likeness (QED) is 0.634. The first-order chi connectivity index (χ1) is 13.8. The highest BCUT2D eigenvalue weighted by Gasteiger charge is 2.15. The molecule has 1 aromatic heterocycles. The van der Waals surface area contributed by atoms with Crippen LogP contribution in [-0.4, -0.2) is 35.4 Å². The van der Waals surface area contributed by atoms with Crippen LogP contribution in [0, 0.1) is 20.8 Å². The van der Waals surface area contributed by atoms with Crippen LogP contribution >= 0.6 is 11.3 Å². The second-order valence-electron chi connectivity index (χ2n) is 7.02. The van der Waals surface area contributed by atoms with Crippen molar-refractivity contribution >= 4 is 34.6 Å². The zero-order valence-corrected chi connectivity index (χ0v) is 17.8. The number of carbonyl (C=O) groups excluding carboxylic acids is 2. The standard InChI is InChI=1S/C22H24N4O2S/c1-14-11-15(2)20(16(3)12-14)25-19(27)13-26(4)22(28)24-18-7-5-17(6-8-18)21-23-9-10-29-21/h5-12H,13H2,1-4H3,(H,24,28)(H,25,27). The van der Waals surface area contributed by atoms with Crippen molar-refractivity contribution < 1.29 is 9.59 Å². The topological polar surface area (TPSA) is 74.3 Å². The van der Waals surface area contributed by atoms with E-state index < -0.39 is 0 Å². The Kier molecular flexibility index (Phi) is 6.29. The van der Waals surface area contributed by atoms with E-state index >= 15 is 0 Å². The average Bonchev–Trinajstić information content (AvgIpc) is 3.20. The van der Waals surface area contributed by atoms with Gasteiger partial charge in [-0.1, -0.05) is 17.7 Å². The molecule has 0 atom stereocenters. The molecule has 0 aliphatic rings. The molecule has 0 unspecified atom stereocenters. The summed E-state index contributed by atoms with van der Waals surface area (Å²) in [5.74, 6) is -0.239. The summed E-state index contributed by atoms with van der Waals surface area (Å²) in [6, 6.07) is 11.2. The molecule has 3 rings (SSSR count). The number of aromatic nitrogens is 1. The van der Waals surface area contributed by atoms with Gasteiger partial charge in [-0.05, 0) is 56.2 Å². The summed E-state index contributed by atoms with van der Waals surface area (Å²) >= 11 is 1.56. The number of amides is 3. The Morgan fingerprint density at radius 3 is 2.28 bits per heavy atom. The molecule has 0 bridgehead atoms. The van der Waals surface area contributed by atoms with Gasteiger partial charge in [0.05, 0.1) is 0 Å². The lowest BCUT2D eigenvalue weighted by molar-refractivity contribution is -0.116. The number of hydrogen-bond donors (Lipinski definition) is 2. The van der Waals surface area contributed by atoms with Crippen LogP contribution in [0.2, 0.25) is 0 Å². The van der Waals surface area contributed by atoms with Crippen molar-refractivity contribution in [2.75, 3.05) is 24.2 Å². The summed E-state index contributed by atoms with van der Waals surface area (Å²) in [5.41, 5.74) is 5.61. The van der Waals surface area contributed by atoms with Crippen LogP contribution in [0.1, 0.15) is 16.7 Å². The van der Waals surface area contributed by atoms with Gasteiger partial charge in [-0.2, -0.15) is 0 Å². The first-order valence-corrected chi connectivity index (χ1v) is 10.1. The molecule has 3 aromatic rings. The number of thiazole rings is 1. The van der Waals surface area contributed by atoms with Crippen molar-refractivity contribution in [2.24, 2.45) is 0 Å². The summed E-state index contributed by atoms with van der Waals surface area (Å²) in [6.45, 7) is 5.89. The van der Waals surface area contributed by atoms with Gasteiger partial charge >= 0.3 is 6.03 Å². The van der Waals surface area contributed by atoms with E-state index in [9.17, 15) is 9.59 Å². The fourth-order valence-electron chi connectivity index (χ4n) is 3.12. The van der Waals surface area contributed by atoms with Gasteiger partial charge in [0.25, 0.3) is 0 Å². The molecule has 0 aliphatic heterocycles. The summed E-state index contributed by atoms with van der Waals surface area (Å²) in [4.78, 5) is 30.4. The van der Waals surface area contributed by atoms with Crippen LogP contribution in [0.4, 0.5) is 16.2 Å². The van der Waals surface area contributed by atoms with E-state index in [1.165, 1.54) is 4.90 Å². The molecule has 0 radical (unpaired) electrons. The monoisotopic (exact) mass is 408 g/mol. The van der Waals surface area contributed by atoms with Crippen LogP contribution in [0.5, 0.6) is 0 Å². The number of nitrogens with one attached hydrogen (secondary N) is 2. The number of aryl methyl sites for hydroxylation is 3. The average molecular weight is 409 g/mol. The second-order valence-corrected chi connectivity index (χ2v) is 7.92. The molecule has 2 aromatic carbocycles. The third-order valence-electron chi connectivity index (χ3n) is 4.48. The molecule has 0 spiro atoms. The number of benzene rings is 2. The molecule has 150 valence electrons. The van der Waals surface area contributed by atoms with E-state index in [1.807, 2.05) is 62.5 Å². The Hall–Kier alpha value is -3.19. The predicted molar refractivity (Wildman–Crippen MR) is 118 cm³/mol. The lowest BCUT2D eigenvalue weighted by atomic mass is 10.1. The lowest BCUT2D eigenvalue weighted by Gasteiger charge is -2.19. The minimum absolute atomic E-state index is 0.0458. The van der Waals surface area contributed by atoms with Crippen LogP contribution in [0.3, 0.4) is 0 Å². The summed E-state index contributed by atoms with van der Waals surface area (Å²) in [5, 5.41) is 8.57. The number of anilines is 2. The van der Waals surface area contributed by atoms with Gasteiger partial charge in [0.2, 0.25) is 5.91 Å². The van der Waals surface area contributed by atoms with E-state index in [1.54, 1.807) is 24.6 Å². The minimum atomic E-state index is -0.348. The van der Waals surface area contributed by atoms with Crippen molar-refractivity contribution in [3.63, 3.8) is 0 Å². The highest BCUT2D eigenvalue weighted by Crippen LogP contribution is 2.24. The normalized spacial score (nSPS) is 10.5. The number of likely N-dealkylation sites (N-methyl/N-ethyl adjacent to an activating group) is 1. The van der Waals surface area contributed by atoms with Gasteiger partial charge in [0.1, 0.15) is 11.6 Å². The zero-order valence-electron chi connectivity index (χ0n) is 16.9. The fraction of sp³-hybridized carbons (Fsp3) is 0.227. The van der Waals surface area contributed by atoms with Crippen LogP contribution in [0.15, 0.2) is 48.0 Å². The van der Waals surface area contributed by atoms with Crippen molar-refractivity contribution in [2.45, 2.75) is 20.8 Å². The maximum Gasteiger partial charge on any atom is 0.322 e. The highest BCUT2D eigenvalue weighted by atomic mass is 32.1. The Morgan fingerprint density at radius 1 is 1.03 bits per heavy atom. The third kappa shape index (κ3) is 5.20. The SMILES string of the molecule is Cc1cc(C)c(NC(=O)CN(C)C(=O)Nc2ccc(-c3nccs3)cc2)c(C)c1. The molecule has 0 fully saturated rings. The zero-order chi connectivity index (χ0) is 21.0. The predicted octanol–water partition coefficient (Wildman–Crippen LogP) is 4.84. The van der Waals surface area contributed by atoms with E-state index in [0.717, 1.165) is 32.9 Å². The number of carbonyl (C=O) groups is 2. The number of nitrogens with zero attached hydrogens (tertiary/aromatic N) is 2. The maximum atomic E-state index is 12.4. The first-order valence-electron chi connectivity index (χ1n) is 9.23. The van der Waals surface area contributed by atoms with Crippen LogP contribution < -0.4 is 10.6 Å². The Labute approximate surface area is 174 Å².